The van der Waals surface area contributed by atoms with Crippen LogP contribution < -0.4 is 9.80 Å². The van der Waals surface area contributed by atoms with Crippen molar-refractivity contribution in [3.63, 3.8) is 0 Å². The standard InChI is InChI=1S/C16H17Cl2FN3O5/c17-14(18)15(23)22(25)9-10-8-21(16(24)27-10)12-3-1-2-11(19)13(12)20-4-6-26-7-5-20/h1-3,10,14H,4-9H2/q-1. The Balaban J connectivity index is 1.78. The number of hydrogen-bond acceptors (Lipinski definition) is 6. The number of carbonyl (C=O) groups excluding carboxylic acids is 2. The van der Waals surface area contributed by atoms with Crippen LogP contribution in [0.15, 0.2) is 18.2 Å². The van der Waals surface area contributed by atoms with Gasteiger partial charge in [-0.05, 0) is 12.1 Å². The summed E-state index contributed by atoms with van der Waals surface area (Å²) in [5.41, 5.74) is 0.607. The third-order valence-corrected chi connectivity index (χ3v) is 4.63. The molecular formula is C16H17Cl2FN3O5-. The van der Waals surface area contributed by atoms with Gasteiger partial charge < -0.3 is 24.6 Å². The van der Waals surface area contributed by atoms with Crippen molar-refractivity contribution in [2.75, 3.05) is 49.2 Å². The van der Waals surface area contributed by atoms with Crippen molar-refractivity contribution in [3.05, 3.63) is 29.2 Å². The van der Waals surface area contributed by atoms with Gasteiger partial charge in [-0.3, -0.25) is 9.69 Å². The molecule has 0 bridgehead atoms. The van der Waals surface area contributed by atoms with E-state index in [-0.39, 0.29) is 17.3 Å². The van der Waals surface area contributed by atoms with E-state index in [9.17, 15) is 19.2 Å². The zero-order chi connectivity index (χ0) is 19.6. The first-order valence-corrected chi connectivity index (χ1v) is 9.11. The van der Waals surface area contributed by atoms with Gasteiger partial charge >= 0.3 is 6.09 Å². The lowest BCUT2D eigenvalue weighted by Crippen LogP contribution is -2.39. The number of carbonyl (C=O) groups is 2. The normalized spacial score (nSPS) is 20.2. The molecule has 0 saturated carbocycles. The molecule has 0 aromatic heterocycles. The number of ether oxygens (including phenoxy) is 2. The van der Waals surface area contributed by atoms with Crippen LogP contribution in [0.4, 0.5) is 20.6 Å². The molecule has 2 amide bonds. The van der Waals surface area contributed by atoms with Gasteiger partial charge in [0, 0.05) is 19.6 Å². The van der Waals surface area contributed by atoms with Crippen LogP contribution in [0.5, 0.6) is 0 Å². The highest BCUT2D eigenvalue weighted by molar-refractivity contribution is 6.53. The molecule has 2 saturated heterocycles. The van der Waals surface area contributed by atoms with E-state index in [0.29, 0.717) is 32.0 Å². The Morgan fingerprint density at radius 2 is 2.07 bits per heavy atom. The maximum atomic E-state index is 14.5. The third kappa shape index (κ3) is 4.37. The number of rotatable bonds is 5. The highest BCUT2D eigenvalue weighted by Gasteiger charge is 2.36. The number of amides is 2. The summed E-state index contributed by atoms with van der Waals surface area (Å²) in [7, 11) is 0. The van der Waals surface area contributed by atoms with Crippen LogP contribution in [0.25, 0.3) is 0 Å². The van der Waals surface area contributed by atoms with Crippen molar-refractivity contribution in [2.24, 2.45) is 0 Å². The molecule has 2 fully saturated rings. The van der Waals surface area contributed by atoms with Gasteiger partial charge in [0.15, 0.2) is 4.84 Å². The number of benzene rings is 1. The Kier molecular flexibility index (Phi) is 6.25. The summed E-state index contributed by atoms with van der Waals surface area (Å²) in [5, 5.41) is 11.8. The van der Waals surface area contributed by atoms with Crippen LogP contribution in [0.1, 0.15) is 0 Å². The quantitative estimate of drug-likeness (QED) is 0.535. The van der Waals surface area contributed by atoms with Gasteiger partial charge in [0.05, 0.1) is 31.1 Å². The molecule has 2 heterocycles. The SMILES string of the molecule is O=C(C(Cl)Cl)N([O-])CC1CN(c2cccc(F)c2N2CCOCC2)C(=O)O1. The van der Waals surface area contributed by atoms with Crippen molar-refractivity contribution in [3.8, 4) is 0 Å². The van der Waals surface area contributed by atoms with Gasteiger partial charge in [0.2, 0.25) is 5.91 Å². The number of para-hydroxylation sites is 1. The van der Waals surface area contributed by atoms with Gasteiger partial charge in [0.25, 0.3) is 0 Å². The Morgan fingerprint density at radius 3 is 2.74 bits per heavy atom. The number of alkyl halides is 2. The van der Waals surface area contributed by atoms with Gasteiger partial charge in [-0.2, -0.15) is 0 Å². The fourth-order valence-corrected chi connectivity index (χ4v) is 3.24. The number of hydroxylamine groups is 2. The number of morpholine rings is 1. The van der Waals surface area contributed by atoms with E-state index < -0.39 is 35.3 Å². The molecule has 8 nitrogen and oxygen atoms in total. The molecule has 3 rings (SSSR count). The number of halogens is 3. The van der Waals surface area contributed by atoms with Gasteiger partial charge in [-0.25, -0.2) is 9.18 Å². The second-order valence-corrected chi connectivity index (χ2v) is 7.12. The first kappa shape index (κ1) is 19.9. The summed E-state index contributed by atoms with van der Waals surface area (Å²) in [6.45, 7) is 1.43. The molecule has 0 radical (unpaired) electrons. The number of nitrogens with zero attached hydrogens (tertiary/aromatic N) is 3. The summed E-state index contributed by atoms with van der Waals surface area (Å²) >= 11 is 10.8. The molecule has 0 aliphatic carbocycles. The lowest BCUT2D eigenvalue weighted by Gasteiger charge is -2.32. The molecule has 1 unspecified atom stereocenters. The van der Waals surface area contributed by atoms with Gasteiger partial charge in [-0.15, -0.1) is 0 Å². The maximum Gasteiger partial charge on any atom is 0.414 e. The van der Waals surface area contributed by atoms with E-state index in [1.807, 2.05) is 0 Å². The second kappa shape index (κ2) is 8.47. The summed E-state index contributed by atoms with van der Waals surface area (Å²) < 4.78 is 25.0. The minimum Gasteiger partial charge on any atom is -0.756 e. The fraction of sp³-hybridized carbons (Fsp3) is 0.500. The third-order valence-electron chi connectivity index (χ3n) is 4.26. The fourth-order valence-electron chi connectivity index (χ4n) is 3.02. The molecule has 27 heavy (non-hydrogen) atoms. The Labute approximate surface area is 164 Å². The predicted molar refractivity (Wildman–Crippen MR) is 97.6 cm³/mol. The molecule has 2 aliphatic rings. The van der Waals surface area contributed by atoms with E-state index in [1.165, 1.54) is 17.0 Å². The van der Waals surface area contributed by atoms with Crippen molar-refractivity contribution < 1.29 is 23.5 Å². The van der Waals surface area contributed by atoms with Gasteiger partial charge in [-0.1, -0.05) is 29.3 Å². The van der Waals surface area contributed by atoms with Crippen LogP contribution in [-0.4, -0.2) is 67.4 Å². The Bertz CT molecular complexity index is 717. The minimum atomic E-state index is -1.49. The van der Waals surface area contributed by atoms with Crippen LogP contribution in [-0.2, 0) is 14.3 Å². The lowest BCUT2D eigenvalue weighted by molar-refractivity contribution is -0.127. The molecule has 1 aromatic carbocycles. The summed E-state index contributed by atoms with van der Waals surface area (Å²) in [6.07, 6.45) is -1.61. The number of hydrogen-bond donors (Lipinski definition) is 0. The minimum absolute atomic E-state index is 0.0130. The molecule has 0 N–H and O–H groups in total. The van der Waals surface area contributed by atoms with E-state index in [0.717, 1.165) is 0 Å². The lowest BCUT2D eigenvalue weighted by atomic mass is 10.2. The van der Waals surface area contributed by atoms with E-state index in [4.69, 9.17) is 32.7 Å². The molecule has 2 aliphatic heterocycles. The molecule has 1 aromatic rings. The van der Waals surface area contributed by atoms with Crippen molar-refractivity contribution >= 4 is 46.6 Å². The first-order chi connectivity index (χ1) is 12.9. The topological polar surface area (TPSA) is 85.4 Å². The average Bonchev–Trinajstić information content (AvgIpc) is 3.01. The molecule has 11 heteroatoms. The molecular weight excluding hydrogens is 404 g/mol. The monoisotopic (exact) mass is 420 g/mol. The Morgan fingerprint density at radius 1 is 1.37 bits per heavy atom. The summed E-state index contributed by atoms with van der Waals surface area (Å²) in [6, 6.07) is 4.40. The van der Waals surface area contributed by atoms with E-state index >= 15 is 0 Å². The zero-order valence-electron chi connectivity index (χ0n) is 14.1. The largest absolute Gasteiger partial charge is 0.756 e. The highest BCUT2D eigenvalue weighted by atomic mass is 35.5. The molecule has 1 atom stereocenters. The maximum absolute atomic E-state index is 14.5. The molecule has 148 valence electrons. The molecule has 0 spiro atoms. The van der Waals surface area contributed by atoms with Crippen LogP contribution in [0.2, 0.25) is 0 Å². The first-order valence-electron chi connectivity index (χ1n) is 8.24. The summed E-state index contributed by atoms with van der Waals surface area (Å²) in [5.74, 6) is -1.51. The highest BCUT2D eigenvalue weighted by Crippen LogP contribution is 2.35. The predicted octanol–water partition coefficient (Wildman–Crippen LogP) is 2.12. The number of cyclic esters (lactones) is 1. The average molecular weight is 421 g/mol. The Hall–Kier alpha value is -1.81. The smallest absolute Gasteiger partial charge is 0.414 e. The zero-order valence-corrected chi connectivity index (χ0v) is 15.7. The van der Waals surface area contributed by atoms with Gasteiger partial charge in [0.1, 0.15) is 11.9 Å². The van der Waals surface area contributed by atoms with Crippen LogP contribution >= 0.6 is 23.2 Å². The number of anilines is 2. The second-order valence-electron chi connectivity index (χ2n) is 6.02. The van der Waals surface area contributed by atoms with Crippen LogP contribution in [0, 0.1) is 11.0 Å². The van der Waals surface area contributed by atoms with E-state index in [2.05, 4.69) is 0 Å². The summed E-state index contributed by atoms with van der Waals surface area (Å²) in [4.78, 5) is 25.3. The van der Waals surface area contributed by atoms with Crippen LogP contribution in [0.3, 0.4) is 0 Å². The van der Waals surface area contributed by atoms with E-state index in [1.54, 1.807) is 11.0 Å². The van der Waals surface area contributed by atoms with Crippen molar-refractivity contribution in [2.45, 2.75) is 10.9 Å². The van der Waals surface area contributed by atoms with Crippen molar-refractivity contribution in [1.82, 2.24) is 5.06 Å². The van der Waals surface area contributed by atoms with Crippen molar-refractivity contribution in [1.29, 1.82) is 0 Å².